The number of likely N-dealkylation sites (tertiary alicyclic amines) is 1. The van der Waals surface area contributed by atoms with Gasteiger partial charge in [-0.1, -0.05) is 25.1 Å². The molecule has 1 amide bonds. The van der Waals surface area contributed by atoms with E-state index < -0.39 is 0 Å². The number of nitrogens with zero attached hydrogens (tertiary/aromatic N) is 1. The first-order valence-corrected chi connectivity index (χ1v) is 7.37. The molecule has 110 valence electrons. The van der Waals surface area contributed by atoms with E-state index in [1.807, 2.05) is 17.9 Å². The van der Waals surface area contributed by atoms with Crippen molar-refractivity contribution in [3.8, 4) is 0 Å². The second kappa shape index (κ2) is 6.84. The Bertz CT molecular complexity index is 464. The maximum Gasteiger partial charge on any atom is 0.225 e. The molecule has 1 heterocycles. The van der Waals surface area contributed by atoms with Gasteiger partial charge < -0.3 is 10.6 Å². The number of carbonyl (C=O) groups excluding carboxylic acids is 1. The standard InChI is InChI=1S/C16H23FN2O/c1-12(8-9-13-5-2-3-7-15(13)17)16(20)19-10-4-6-14(19)11-18/h2-3,5,7,12,14H,4,6,8-11,18H2,1H3/t12-,14-/m1/s1. The minimum atomic E-state index is -0.187. The van der Waals surface area contributed by atoms with Gasteiger partial charge in [0.25, 0.3) is 0 Å². The Hall–Kier alpha value is -1.42. The molecule has 3 nitrogen and oxygen atoms in total. The number of rotatable bonds is 5. The summed E-state index contributed by atoms with van der Waals surface area (Å²) in [6.45, 7) is 3.27. The SMILES string of the molecule is C[C@H](CCc1ccccc1F)C(=O)N1CCC[C@@H]1CN. The van der Waals surface area contributed by atoms with Crippen LogP contribution in [-0.4, -0.2) is 29.9 Å². The van der Waals surface area contributed by atoms with Gasteiger partial charge in [0.15, 0.2) is 0 Å². The molecule has 2 rings (SSSR count). The van der Waals surface area contributed by atoms with Gasteiger partial charge in [0.1, 0.15) is 5.82 Å². The van der Waals surface area contributed by atoms with E-state index in [1.165, 1.54) is 6.07 Å². The van der Waals surface area contributed by atoms with Gasteiger partial charge in [0, 0.05) is 25.0 Å². The zero-order chi connectivity index (χ0) is 14.5. The molecule has 1 fully saturated rings. The molecular weight excluding hydrogens is 255 g/mol. The third-order valence-corrected chi connectivity index (χ3v) is 4.16. The van der Waals surface area contributed by atoms with E-state index in [-0.39, 0.29) is 23.7 Å². The Balaban J connectivity index is 1.90. The number of carbonyl (C=O) groups is 1. The number of amides is 1. The third kappa shape index (κ3) is 3.37. The van der Waals surface area contributed by atoms with Crippen molar-refractivity contribution in [1.29, 1.82) is 0 Å². The molecule has 20 heavy (non-hydrogen) atoms. The number of benzene rings is 1. The fourth-order valence-corrected chi connectivity index (χ4v) is 2.85. The molecule has 2 atom stereocenters. The van der Waals surface area contributed by atoms with Gasteiger partial charge in [-0.2, -0.15) is 0 Å². The van der Waals surface area contributed by atoms with Gasteiger partial charge in [-0.05, 0) is 37.3 Å². The second-order valence-corrected chi connectivity index (χ2v) is 5.59. The predicted molar refractivity (Wildman–Crippen MR) is 77.7 cm³/mol. The molecule has 0 aromatic heterocycles. The molecule has 0 unspecified atom stereocenters. The lowest BCUT2D eigenvalue weighted by Crippen LogP contribution is -2.42. The van der Waals surface area contributed by atoms with E-state index in [0.29, 0.717) is 24.9 Å². The third-order valence-electron chi connectivity index (χ3n) is 4.16. The average molecular weight is 278 g/mol. The van der Waals surface area contributed by atoms with Crippen LogP contribution in [-0.2, 0) is 11.2 Å². The predicted octanol–water partition coefficient (Wildman–Crippen LogP) is 2.34. The molecule has 4 heteroatoms. The Kier molecular flexibility index (Phi) is 5.12. The van der Waals surface area contributed by atoms with Crippen LogP contribution in [0.2, 0.25) is 0 Å². The summed E-state index contributed by atoms with van der Waals surface area (Å²) in [7, 11) is 0. The Morgan fingerprint density at radius 1 is 1.50 bits per heavy atom. The molecule has 2 N–H and O–H groups in total. The second-order valence-electron chi connectivity index (χ2n) is 5.59. The highest BCUT2D eigenvalue weighted by Gasteiger charge is 2.30. The van der Waals surface area contributed by atoms with Gasteiger partial charge in [-0.3, -0.25) is 4.79 Å². The van der Waals surface area contributed by atoms with E-state index in [0.717, 1.165) is 19.4 Å². The average Bonchev–Trinajstić information content (AvgIpc) is 2.93. The summed E-state index contributed by atoms with van der Waals surface area (Å²) in [5, 5.41) is 0. The van der Waals surface area contributed by atoms with E-state index in [9.17, 15) is 9.18 Å². The minimum absolute atomic E-state index is 0.0817. The van der Waals surface area contributed by atoms with E-state index in [1.54, 1.807) is 12.1 Å². The van der Waals surface area contributed by atoms with Gasteiger partial charge >= 0.3 is 0 Å². The lowest BCUT2D eigenvalue weighted by molar-refractivity contribution is -0.135. The fourth-order valence-electron chi connectivity index (χ4n) is 2.85. The van der Waals surface area contributed by atoms with Crippen LogP contribution in [0, 0.1) is 11.7 Å². The zero-order valence-corrected chi connectivity index (χ0v) is 12.0. The van der Waals surface area contributed by atoms with Crippen molar-refractivity contribution in [1.82, 2.24) is 4.90 Å². The molecule has 0 saturated carbocycles. The number of hydrogen-bond donors (Lipinski definition) is 1. The maximum absolute atomic E-state index is 13.5. The van der Waals surface area contributed by atoms with Crippen LogP contribution in [0.3, 0.4) is 0 Å². The van der Waals surface area contributed by atoms with Crippen LogP contribution in [0.15, 0.2) is 24.3 Å². The molecule has 0 radical (unpaired) electrons. The first-order chi connectivity index (χ1) is 9.63. The minimum Gasteiger partial charge on any atom is -0.338 e. The van der Waals surface area contributed by atoms with E-state index >= 15 is 0 Å². The topological polar surface area (TPSA) is 46.3 Å². The Morgan fingerprint density at radius 3 is 2.95 bits per heavy atom. The maximum atomic E-state index is 13.5. The Labute approximate surface area is 120 Å². The Morgan fingerprint density at radius 2 is 2.25 bits per heavy atom. The summed E-state index contributed by atoms with van der Waals surface area (Å²) in [6.07, 6.45) is 3.31. The highest BCUT2D eigenvalue weighted by molar-refractivity contribution is 5.79. The fraction of sp³-hybridized carbons (Fsp3) is 0.562. The van der Waals surface area contributed by atoms with Crippen molar-refractivity contribution in [2.75, 3.05) is 13.1 Å². The molecule has 1 aliphatic rings. The number of aryl methyl sites for hydroxylation is 1. The summed E-state index contributed by atoms with van der Waals surface area (Å²) in [5.41, 5.74) is 6.39. The van der Waals surface area contributed by atoms with Crippen molar-refractivity contribution in [3.63, 3.8) is 0 Å². The van der Waals surface area contributed by atoms with Crippen LogP contribution in [0.4, 0.5) is 4.39 Å². The number of hydrogen-bond acceptors (Lipinski definition) is 2. The van der Waals surface area contributed by atoms with Gasteiger partial charge in [-0.15, -0.1) is 0 Å². The molecule has 0 aliphatic carbocycles. The van der Waals surface area contributed by atoms with Gasteiger partial charge in [-0.25, -0.2) is 4.39 Å². The quantitative estimate of drug-likeness (QED) is 0.898. The van der Waals surface area contributed by atoms with Crippen molar-refractivity contribution in [2.24, 2.45) is 11.7 Å². The van der Waals surface area contributed by atoms with Crippen molar-refractivity contribution in [3.05, 3.63) is 35.6 Å². The summed E-state index contributed by atoms with van der Waals surface area (Å²) in [6, 6.07) is 6.95. The summed E-state index contributed by atoms with van der Waals surface area (Å²) < 4.78 is 13.5. The van der Waals surface area contributed by atoms with Crippen molar-refractivity contribution in [2.45, 2.75) is 38.6 Å². The molecule has 1 aromatic rings. The van der Waals surface area contributed by atoms with Crippen LogP contribution < -0.4 is 5.73 Å². The first kappa shape index (κ1) is 15.0. The first-order valence-electron chi connectivity index (χ1n) is 7.37. The number of halogens is 1. The van der Waals surface area contributed by atoms with Crippen LogP contribution in [0.1, 0.15) is 31.7 Å². The molecule has 1 saturated heterocycles. The van der Waals surface area contributed by atoms with Crippen molar-refractivity contribution >= 4 is 5.91 Å². The molecular formula is C16H23FN2O. The largest absolute Gasteiger partial charge is 0.338 e. The molecule has 1 aromatic carbocycles. The smallest absolute Gasteiger partial charge is 0.225 e. The van der Waals surface area contributed by atoms with Gasteiger partial charge in [0.2, 0.25) is 5.91 Å². The summed E-state index contributed by atoms with van der Waals surface area (Å²) >= 11 is 0. The van der Waals surface area contributed by atoms with E-state index in [2.05, 4.69) is 0 Å². The summed E-state index contributed by atoms with van der Waals surface area (Å²) in [4.78, 5) is 14.3. The monoisotopic (exact) mass is 278 g/mol. The van der Waals surface area contributed by atoms with Crippen LogP contribution in [0.25, 0.3) is 0 Å². The molecule has 0 bridgehead atoms. The van der Waals surface area contributed by atoms with Crippen LogP contribution in [0.5, 0.6) is 0 Å². The van der Waals surface area contributed by atoms with Gasteiger partial charge in [0.05, 0.1) is 0 Å². The zero-order valence-electron chi connectivity index (χ0n) is 12.0. The normalized spacial score (nSPS) is 20.1. The number of nitrogens with two attached hydrogens (primary N) is 1. The summed E-state index contributed by atoms with van der Waals surface area (Å²) in [5.74, 6) is -0.107. The lowest BCUT2D eigenvalue weighted by Gasteiger charge is -2.26. The highest BCUT2D eigenvalue weighted by Crippen LogP contribution is 2.21. The highest BCUT2D eigenvalue weighted by atomic mass is 19.1. The van der Waals surface area contributed by atoms with E-state index in [4.69, 9.17) is 5.73 Å². The molecule has 1 aliphatic heterocycles. The lowest BCUT2D eigenvalue weighted by atomic mass is 9.99. The van der Waals surface area contributed by atoms with Crippen LogP contribution >= 0.6 is 0 Å². The molecule has 0 spiro atoms. The van der Waals surface area contributed by atoms with Crippen molar-refractivity contribution < 1.29 is 9.18 Å².